The molecule has 1 aliphatic rings. The molecule has 0 N–H and O–H groups in total. The summed E-state index contributed by atoms with van der Waals surface area (Å²) in [4.78, 5) is 0. The number of methoxy groups -OCH3 is 4. The monoisotopic (exact) mass is 374 g/mol. The van der Waals surface area contributed by atoms with Gasteiger partial charge in [-0.3, -0.25) is 0 Å². The van der Waals surface area contributed by atoms with Crippen molar-refractivity contribution < 1.29 is 28.4 Å². The van der Waals surface area contributed by atoms with Crippen molar-refractivity contribution in [3.63, 3.8) is 0 Å². The smallest absolute Gasteiger partial charge is 0.203 e. The zero-order chi connectivity index (χ0) is 19.3. The van der Waals surface area contributed by atoms with Crippen LogP contribution in [-0.4, -0.2) is 42.0 Å². The van der Waals surface area contributed by atoms with Crippen LogP contribution in [0.3, 0.4) is 0 Å². The van der Waals surface area contributed by atoms with Crippen molar-refractivity contribution >= 4 is 0 Å². The van der Waals surface area contributed by atoms with Crippen molar-refractivity contribution in [2.24, 2.45) is 0 Å². The minimum absolute atomic E-state index is 0.119. The van der Waals surface area contributed by atoms with Gasteiger partial charge >= 0.3 is 0 Å². The van der Waals surface area contributed by atoms with Crippen LogP contribution in [0.25, 0.3) is 0 Å². The maximum absolute atomic E-state index is 5.93. The van der Waals surface area contributed by atoms with Crippen LogP contribution in [0.4, 0.5) is 0 Å². The van der Waals surface area contributed by atoms with Crippen molar-refractivity contribution in [1.29, 1.82) is 0 Å². The third-order valence-corrected chi connectivity index (χ3v) is 4.82. The first-order valence-electron chi connectivity index (χ1n) is 8.80. The molecule has 0 bridgehead atoms. The lowest BCUT2D eigenvalue weighted by Gasteiger charge is -2.24. The summed E-state index contributed by atoms with van der Waals surface area (Å²) in [7, 11) is 6.42. The summed E-state index contributed by atoms with van der Waals surface area (Å²) in [6.07, 6.45) is 1.97. The number of ether oxygens (including phenoxy) is 6. The summed E-state index contributed by atoms with van der Waals surface area (Å²) in [5.74, 6) is 2.63. The minimum Gasteiger partial charge on any atom is -0.493 e. The van der Waals surface area contributed by atoms with Gasteiger partial charge in [0.05, 0.1) is 14.2 Å². The summed E-state index contributed by atoms with van der Waals surface area (Å²) >= 11 is 0. The van der Waals surface area contributed by atoms with Crippen molar-refractivity contribution in [3.05, 3.63) is 47.5 Å². The quantitative estimate of drug-likeness (QED) is 0.591. The van der Waals surface area contributed by atoms with Gasteiger partial charge in [0.1, 0.15) is 5.75 Å². The topological polar surface area (TPSA) is 55.4 Å². The van der Waals surface area contributed by atoms with Gasteiger partial charge in [0, 0.05) is 30.8 Å². The fraction of sp³-hybridized carbons (Fsp3) is 0.429. The van der Waals surface area contributed by atoms with Gasteiger partial charge in [-0.2, -0.15) is 0 Å². The van der Waals surface area contributed by atoms with Gasteiger partial charge in [-0.15, -0.1) is 0 Å². The molecule has 0 spiro atoms. The van der Waals surface area contributed by atoms with Crippen LogP contribution in [-0.2, 0) is 14.9 Å². The molecular formula is C21H26O6. The van der Waals surface area contributed by atoms with E-state index >= 15 is 0 Å². The van der Waals surface area contributed by atoms with Crippen LogP contribution < -0.4 is 18.9 Å². The summed E-state index contributed by atoms with van der Waals surface area (Å²) in [6, 6.07) is 12.0. The molecule has 3 rings (SSSR count). The lowest BCUT2D eigenvalue weighted by atomic mass is 9.86. The van der Waals surface area contributed by atoms with Crippen LogP contribution in [0.1, 0.15) is 24.0 Å². The predicted molar refractivity (Wildman–Crippen MR) is 101 cm³/mol. The number of para-hydroxylation sites is 1. The zero-order valence-electron chi connectivity index (χ0n) is 16.2. The van der Waals surface area contributed by atoms with Gasteiger partial charge in [0.2, 0.25) is 5.75 Å². The molecular weight excluding hydrogens is 348 g/mol. The predicted octanol–water partition coefficient (Wildman–Crippen LogP) is 3.75. The highest BCUT2D eigenvalue weighted by molar-refractivity contribution is 5.63. The van der Waals surface area contributed by atoms with Gasteiger partial charge in [0.25, 0.3) is 0 Å². The van der Waals surface area contributed by atoms with Crippen molar-refractivity contribution in [3.8, 4) is 23.0 Å². The van der Waals surface area contributed by atoms with Gasteiger partial charge in [-0.25, -0.2) is 0 Å². The second-order valence-corrected chi connectivity index (χ2v) is 6.36. The molecule has 146 valence electrons. The van der Waals surface area contributed by atoms with E-state index in [0.29, 0.717) is 17.2 Å². The van der Waals surface area contributed by atoms with Crippen LogP contribution in [0.2, 0.25) is 0 Å². The van der Waals surface area contributed by atoms with E-state index in [4.69, 9.17) is 28.4 Å². The van der Waals surface area contributed by atoms with Crippen molar-refractivity contribution in [2.45, 2.75) is 18.3 Å². The molecule has 0 radical (unpaired) electrons. The maximum atomic E-state index is 5.93. The molecule has 0 atom stereocenters. The van der Waals surface area contributed by atoms with Gasteiger partial charge in [-0.1, -0.05) is 24.3 Å². The Labute approximate surface area is 159 Å². The molecule has 1 aliphatic carbocycles. The van der Waals surface area contributed by atoms with Crippen LogP contribution in [0.15, 0.2) is 36.4 Å². The molecule has 27 heavy (non-hydrogen) atoms. The number of hydrogen-bond donors (Lipinski definition) is 0. The number of hydrogen-bond acceptors (Lipinski definition) is 6. The van der Waals surface area contributed by atoms with Gasteiger partial charge in [-0.05, 0) is 25.0 Å². The number of rotatable bonds is 10. The zero-order valence-corrected chi connectivity index (χ0v) is 16.2. The highest BCUT2D eigenvalue weighted by atomic mass is 16.7. The van der Waals surface area contributed by atoms with E-state index in [1.807, 2.05) is 30.3 Å². The van der Waals surface area contributed by atoms with Crippen LogP contribution in [0.5, 0.6) is 23.0 Å². The molecule has 6 heteroatoms. The summed E-state index contributed by atoms with van der Waals surface area (Å²) < 4.78 is 33.0. The second-order valence-electron chi connectivity index (χ2n) is 6.36. The average molecular weight is 374 g/mol. The van der Waals surface area contributed by atoms with Crippen molar-refractivity contribution in [2.75, 3.05) is 42.0 Å². The molecule has 2 aromatic carbocycles. The Hall–Kier alpha value is -2.44. The normalized spacial score (nSPS) is 14.5. The second kappa shape index (κ2) is 8.50. The molecule has 0 aliphatic heterocycles. The lowest BCUT2D eigenvalue weighted by molar-refractivity contribution is 0.0474. The molecule has 1 fully saturated rings. The Kier molecular flexibility index (Phi) is 6.08. The van der Waals surface area contributed by atoms with Gasteiger partial charge < -0.3 is 28.4 Å². The fourth-order valence-corrected chi connectivity index (χ4v) is 3.46. The molecule has 0 aromatic heterocycles. The molecule has 0 unspecified atom stereocenters. The summed E-state index contributed by atoms with van der Waals surface area (Å²) in [5.41, 5.74) is 1.94. The summed E-state index contributed by atoms with van der Waals surface area (Å²) in [5, 5.41) is 0. The first kappa shape index (κ1) is 19.3. The highest BCUT2D eigenvalue weighted by Crippen LogP contribution is 2.60. The first-order valence-corrected chi connectivity index (χ1v) is 8.80. The third kappa shape index (κ3) is 3.68. The van der Waals surface area contributed by atoms with Gasteiger partial charge in [0.15, 0.2) is 25.1 Å². The molecule has 1 saturated carbocycles. The Bertz CT molecular complexity index is 769. The van der Waals surface area contributed by atoms with E-state index in [2.05, 4.69) is 6.07 Å². The molecule has 6 nitrogen and oxygen atoms in total. The Balaban J connectivity index is 2.10. The van der Waals surface area contributed by atoms with E-state index in [-0.39, 0.29) is 19.0 Å². The molecule has 2 aromatic rings. The fourth-order valence-electron chi connectivity index (χ4n) is 3.46. The Morgan fingerprint density at radius 3 is 2.04 bits per heavy atom. The maximum Gasteiger partial charge on any atom is 0.203 e. The van der Waals surface area contributed by atoms with E-state index < -0.39 is 0 Å². The largest absolute Gasteiger partial charge is 0.493 e. The Morgan fingerprint density at radius 1 is 0.704 bits per heavy atom. The third-order valence-electron chi connectivity index (χ3n) is 4.82. The lowest BCUT2D eigenvalue weighted by Crippen LogP contribution is -2.15. The molecule has 0 saturated heterocycles. The van der Waals surface area contributed by atoms with E-state index in [1.165, 1.54) is 0 Å². The SMILES string of the molecule is COCOc1ccccc1C1(c2ccc(OC)c(OC)c2OCOC)CC1. The highest BCUT2D eigenvalue weighted by Gasteiger charge is 2.50. The van der Waals surface area contributed by atoms with Crippen LogP contribution in [0, 0.1) is 0 Å². The molecule has 0 heterocycles. The Morgan fingerprint density at radius 2 is 1.41 bits per heavy atom. The number of benzene rings is 2. The minimum atomic E-state index is -0.201. The standard InChI is InChI=1S/C21H26O6/c1-22-13-26-17-8-6-5-7-15(17)21(11-12-21)16-9-10-18(24-3)20(25-4)19(16)27-14-23-2/h5-10H,11-14H2,1-4H3. The average Bonchev–Trinajstić information content (AvgIpc) is 3.51. The van der Waals surface area contributed by atoms with E-state index in [1.54, 1.807) is 28.4 Å². The summed E-state index contributed by atoms with van der Waals surface area (Å²) in [6.45, 7) is 0.320. The van der Waals surface area contributed by atoms with E-state index in [9.17, 15) is 0 Å². The van der Waals surface area contributed by atoms with Crippen molar-refractivity contribution in [1.82, 2.24) is 0 Å². The first-order chi connectivity index (χ1) is 13.2. The van der Waals surface area contributed by atoms with E-state index in [0.717, 1.165) is 29.7 Å². The van der Waals surface area contributed by atoms with Crippen LogP contribution >= 0.6 is 0 Å². The molecule has 0 amide bonds.